The Bertz CT molecular complexity index is 377. The highest BCUT2D eigenvalue weighted by Gasteiger charge is 2.01. The van der Waals surface area contributed by atoms with E-state index >= 15 is 0 Å². The number of nitriles is 1. The molecule has 0 atom stereocenters. The number of nitrogens with zero attached hydrogens (tertiary/aromatic N) is 2. The highest BCUT2D eigenvalue weighted by Crippen LogP contribution is 2.15. The number of anilines is 1. The Morgan fingerprint density at radius 2 is 2.12 bits per heavy atom. The fourth-order valence-corrected chi connectivity index (χ4v) is 1.52. The first-order chi connectivity index (χ1) is 7.63. The minimum Gasteiger partial charge on any atom is -0.384 e. The molecule has 0 fully saturated rings. The molecular formula is C13H19N3. The van der Waals surface area contributed by atoms with Crippen LogP contribution in [-0.2, 0) is 0 Å². The lowest BCUT2D eigenvalue weighted by atomic mass is 10.1. The molecule has 0 amide bonds. The maximum atomic E-state index is 8.99. The lowest BCUT2D eigenvalue weighted by molar-refractivity contribution is 0.405. The van der Waals surface area contributed by atoms with Crippen LogP contribution < -0.4 is 5.32 Å². The molecule has 0 aliphatic heterocycles. The largest absolute Gasteiger partial charge is 0.384 e. The van der Waals surface area contributed by atoms with Crippen molar-refractivity contribution in [3.63, 3.8) is 0 Å². The SMILES string of the molecule is Cc1ccc(NCCCN(C)C)c(C#N)c1. The smallest absolute Gasteiger partial charge is 0.101 e. The predicted octanol–water partition coefficient (Wildman–Crippen LogP) is 2.23. The second-order valence-corrected chi connectivity index (χ2v) is 4.24. The molecule has 86 valence electrons. The topological polar surface area (TPSA) is 39.1 Å². The molecule has 0 aromatic heterocycles. The first kappa shape index (κ1) is 12.5. The van der Waals surface area contributed by atoms with E-state index in [1.165, 1.54) is 0 Å². The summed E-state index contributed by atoms with van der Waals surface area (Å²) in [5.74, 6) is 0. The summed E-state index contributed by atoms with van der Waals surface area (Å²) in [6.45, 7) is 3.95. The maximum Gasteiger partial charge on any atom is 0.101 e. The fourth-order valence-electron chi connectivity index (χ4n) is 1.52. The van der Waals surface area contributed by atoms with E-state index in [2.05, 4.69) is 30.4 Å². The molecule has 1 N–H and O–H groups in total. The lowest BCUT2D eigenvalue weighted by Gasteiger charge is -2.11. The van der Waals surface area contributed by atoms with Crippen LogP contribution in [0.1, 0.15) is 17.5 Å². The van der Waals surface area contributed by atoms with E-state index in [4.69, 9.17) is 5.26 Å². The van der Waals surface area contributed by atoms with E-state index in [-0.39, 0.29) is 0 Å². The third-order valence-corrected chi connectivity index (χ3v) is 2.39. The zero-order valence-corrected chi connectivity index (χ0v) is 10.2. The third kappa shape index (κ3) is 3.92. The highest BCUT2D eigenvalue weighted by molar-refractivity contribution is 5.58. The van der Waals surface area contributed by atoms with Crippen LogP contribution in [0.2, 0.25) is 0 Å². The molecule has 0 saturated heterocycles. The average molecular weight is 217 g/mol. The molecule has 3 heteroatoms. The molecule has 0 aliphatic rings. The van der Waals surface area contributed by atoms with Crippen molar-refractivity contribution in [2.75, 3.05) is 32.5 Å². The van der Waals surface area contributed by atoms with E-state index in [9.17, 15) is 0 Å². The molecule has 1 aromatic carbocycles. The van der Waals surface area contributed by atoms with Gasteiger partial charge in [0, 0.05) is 6.54 Å². The molecule has 1 rings (SSSR count). The zero-order valence-electron chi connectivity index (χ0n) is 10.2. The summed E-state index contributed by atoms with van der Waals surface area (Å²) >= 11 is 0. The van der Waals surface area contributed by atoms with Crippen molar-refractivity contribution in [2.45, 2.75) is 13.3 Å². The molecule has 0 bridgehead atoms. The summed E-state index contributed by atoms with van der Waals surface area (Å²) in [6.07, 6.45) is 1.08. The van der Waals surface area contributed by atoms with E-state index in [1.807, 2.05) is 25.1 Å². The second kappa shape index (κ2) is 6.14. The van der Waals surface area contributed by atoms with Crippen molar-refractivity contribution >= 4 is 5.69 Å². The molecular weight excluding hydrogens is 198 g/mol. The van der Waals surface area contributed by atoms with Crippen molar-refractivity contribution in [3.05, 3.63) is 29.3 Å². The van der Waals surface area contributed by atoms with Crippen LogP contribution in [0.15, 0.2) is 18.2 Å². The van der Waals surface area contributed by atoms with Gasteiger partial charge in [0.25, 0.3) is 0 Å². The molecule has 1 aromatic rings. The van der Waals surface area contributed by atoms with Crippen LogP contribution in [0.25, 0.3) is 0 Å². The fraction of sp³-hybridized carbons (Fsp3) is 0.462. The van der Waals surface area contributed by atoms with E-state index in [0.29, 0.717) is 0 Å². The first-order valence-corrected chi connectivity index (χ1v) is 5.53. The molecule has 0 aliphatic carbocycles. The average Bonchev–Trinajstić information content (AvgIpc) is 2.25. The van der Waals surface area contributed by atoms with Crippen LogP contribution in [0.4, 0.5) is 5.69 Å². The number of aryl methyl sites for hydroxylation is 1. The van der Waals surface area contributed by atoms with Gasteiger partial charge in [0.2, 0.25) is 0 Å². The molecule has 0 heterocycles. The summed E-state index contributed by atoms with van der Waals surface area (Å²) in [6, 6.07) is 8.12. The molecule has 0 spiro atoms. The molecule has 0 saturated carbocycles. The van der Waals surface area contributed by atoms with Crippen LogP contribution >= 0.6 is 0 Å². The number of nitrogens with one attached hydrogen (secondary N) is 1. The normalized spacial score (nSPS) is 10.2. The van der Waals surface area contributed by atoms with Gasteiger partial charge in [-0.15, -0.1) is 0 Å². The number of hydrogen-bond acceptors (Lipinski definition) is 3. The summed E-state index contributed by atoms with van der Waals surface area (Å²) in [5, 5.41) is 12.3. The van der Waals surface area contributed by atoms with Crippen LogP contribution in [0, 0.1) is 18.3 Å². The van der Waals surface area contributed by atoms with Gasteiger partial charge in [-0.2, -0.15) is 5.26 Å². The summed E-state index contributed by atoms with van der Waals surface area (Å²) in [5.41, 5.74) is 2.78. The molecule has 0 radical (unpaired) electrons. The van der Waals surface area contributed by atoms with Gasteiger partial charge >= 0.3 is 0 Å². The van der Waals surface area contributed by atoms with Gasteiger partial charge < -0.3 is 10.2 Å². The lowest BCUT2D eigenvalue weighted by Crippen LogP contribution is -2.16. The summed E-state index contributed by atoms with van der Waals surface area (Å²) < 4.78 is 0. The molecule has 3 nitrogen and oxygen atoms in total. The first-order valence-electron chi connectivity index (χ1n) is 5.53. The Kier molecular flexibility index (Phi) is 4.81. The summed E-state index contributed by atoms with van der Waals surface area (Å²) in [4.78, 5) is 2.15. The van der Waals surface area contributed by atoms with E-state index in [1.54, 1.807) is 0 Å². The van der Waals surface area contributed by atoms with Gasteiger partial charge in [-0.3, -0.25) is 0 Å². The van der Waals surface area contributed by atoms with E-state index < -0.39 is 0 Å². The van der Waals surface area contributed by atoms with Crippen molar-refractivity contribution in [2.24, 2.45) is 0 Å². The minimum atomic E-state index is 0.727. The van der Waals surface area contributed by atoms with Gasteiger partial charge in [-0.1, -0.05) is 6.07 Å². The van der Waals surface area contributed by atoms with Gasteiger partial charge in [0.1, 0.15) is 6.07 Å². The van der Waals surface area contributed by atoms with Crippen LogP contribution in [-0.4, -0.2) is 32.1 Å². The van der Waals surface area contributed by atoms with Crippen molar-refractivity contribution in [3.8, 4) is 6.07 Å². The van der Waals surface area contributed by atoms with Gasteiger partial charge in [0.05, 0.1) is 11.3 Å². The Hall–Kier alpha value is -1.53. The monoisotopic (exact) mass is 217 g/mol. The molecule has 16 heavy (non-hydrogen) atoms. The predicted molar refractivity (Wildman–Crippen MR) is 67.6 cm³/mol. The third-order valence-electron chi connectivity index (χ3n) is 2.39. The van der Waals surface area contributed by atoms with Crippen LogP contribution in [0.5, 0.6) is 0 Å². The Morgan fingerprint density at radius 3 is 2.75 bits per heavy atom. The van der Waals surface area contributed by atoms with Crippen molar-refractivity contribution in [1.82, 2.24) is 4.90 Å². The van der Waals surface area contributed by atoms with Crippen molar-refractivity contribution in [1.29, 1.82) is 5.26 Å². The molecule has 0 unspecified atom stereocenters. The summed E-state index contributed by atoms with van der Waals surface area (Å²) in [7, 11) is 4.12. The maximum absolute atomic E-state index is 8.99. The number of benzene rings is 1. The Morgan fingerprint density at radius 1 is 1.38 bits per heavy atom. The van der Waals surface area contributed by atoms with Gasteiger partial charge in [-0.05, 0) is 51.7 Å². The van der Waals surface area contributed by atoms with Gasteiger partial charge in [-0.25, -0.2) is 0 Å². The highest BCUT2D eigenvalue weighted by atomic mass is 15.1. The second-order valence-electron chi connectivity index (χ2n) is 4.24. The minimum absolute atomic E-state index is 0.727. The van der Waals surface area contributed by atoms with E-state index in [0.717, 1.165) is 36.3 Å². The zero-order chi connectivity index (χ0) is 12.0. The number of hydrogen-bond donors (Lipinski definition) is 1. The van der Waals surface area contributed by atoms with Crippen LogP contribution in [0.3, 0.4) is 0 Å². The number of rotatable bonds is 5. The standard InChI is InChI=1S/C13H19N3/c1-11-5-6-13(12(9-11)10-14)15-7-4-8-16(2)3/h5-6,9,15H,4,7-8H2,1-3H3. The van der Waals surface area contributed by atoms with Crippen molar-refractivity contribution < 1.29 is 0 Å². The van der Waals surface area contributed by atoms with Gasteiger partial charge in [0.15, 0.2) is 0 Å². The Labute approximate surface area is 97.7 Å². The quantitative estimate of drug-likeness (QED) is 0.769. The Balaban J connectivity index is 2.51.